The van der Waals surface area contributed by atoms with Crippen LogP contribution in [0.15, 0.2) is 48.5 Å². The predicted octanol–water partition coefficient (Wildman–Crippen LogP) is 2.77. The number of carbonyl (C=O) groups is 1. The van der Waals surface area contributed by atoms with Gasteiger partial charge in [0.05, 0.1) is 12.1 Å². The van der Waals surface area contributed by atoms with Crippen LogP contribution < -0.4 is 10.5 Å². The smallest absolute Gasteiger partial charge is 0.387 e. The maximum Gasteiger partial charge on any atom is 0.387 e. The second-order valence-corrected chi connectivity index (χ2v) is 7.01. The number of anilines is 1. The number of aromatic nitrogens is 2. The van der Waals surface area contributed by atoms with Gasteiger partial charge in [0.2, 0.25) is 0 Å². The molecule has 0 saturated carbocycles. The van der Waals surface area contributed by atoms with Crippen LogP contribution in [0, 0.1) is 0 Å². The standard InChI is InChI=1S/C21H21F2N5O2/c22-21(23)30-15-7-5-14(6-8-15)20(29)28-11-9-27(10-12-28)13-18-25-17-4-2-1-3-16(17)19(24)26-18/h1-8,21H,9-13H2,(H2,24,25,26). The van der Waals surface area contributed by atoms with Gasteiger partial charge in [-0.2, -0.15) is 8.78 Å². The summed E-state index contributed by atoms with van der Waals surface area (Å²) in [5.74, 6) is 1.01. The van der Waals surface area contributed by atoms with Crippen molar-refractivity contribution in [3.05, 3.63) is 59.9 Å². The van der Waals surface area contributed by atoms with Crippen LogP contribution in [0.3, 0.4) is 0 Å². The molecule has 0 radical (unpaired) electrons. The monoisotopic (exact) mass is 413 g/mol. The van der Waals surface area contributed by atoms with Crippen molar-refractivity contribution in [2.45, 2.75) is 13.2 Å². The molecule has 30 heavy (non-hydrogen) atoms. The maximum atomic E-state index is 12.7. The number of hydrogen-bond donors (Lipinski definition) is 1. The summed E-state index contributed by atoms with van der Waals surface area (Å²) in [4.78, 5) is 25.6. The lowest BCUT2D eigenvalue weighted by molar-refractivity contribution is -0.0498. The molecule has 7 nitrogen and oxygen atoms in total. The van der Waals surface area contributed by atoms with E-state index in [2.05, 4.69) is 19.6 Å². The fourth-order valence-corrected chi connectivity index (χ4v) is 3.49. The highest BCUT2D eigenvalue weighted by atomic mass is 19.3. The summed E-state index contributed by atoms with van der Waals surface area (Å²) >= 11 is 0. The van der Waals surface area contributed by atoms with E-state index in [4.69, 9.17) is 5.73 Å². The largest absolute Gasteiger partial charge is 0.435 e. The zero-order chi connectivity index (χ0) is 21.1. The fraction of sp³-hybridized carbons (Fsp3) is 0.286. The molecule has 2 heterocycles. The van der Waals surface area contributed by atoms with Gasteiger partial charge < -0.3 is 15.4 Å². The zero-order valence-electron chi connectivity index (χ0n) is 16.2. The van der Waals surface area contributed by atoms with Crippen LogP contribution in [-0.4, -0.2) is 58.5 Å². The number of ether oxygens (including phenoxy) is 1. The van der Waals surface area contributed by atoms with E-state index in [1.165, 1.54) is 24.3 Å². The third-order valence-corrected chi connectivity index (χ3v) is 5.03. The lowest BCUT2D eigenvalue weighted by atomic mass is 10.1. The Morgan fingerprint density at radius 1 is 1.03 bits per heavy atom. The molecule has 0 bridgehead atoms. The molecule has 3 aromatic rings. The summed E-state index contributed by atoms with van der Waals surface area (Å²) in [6.45, 7) is 0.120. The molecule has 0 aliphatic carbocycles. The molecule has 1 fully saturated rings. The van der Waals surface area contributed by atoms with E-state index < -0.39 is 6.61 Å². The maximum absolute atomic E-state index is 12.7. The Kier molecular flexibility index (Phi) is 5.71. The second kappa shape index (κ2) is 8.58. The minimum Gasteiger partial charge on any atom is -0.435 e. The van der Waals surface area contributed by atoms with Crippen molar-refractivity contribution in [1.82, 2.24) is 19.8 Å². The van der Waals surface area contributed by atoms with Crippen molar-refractivity contribution < 1.29 is 18.3 Å². The number of amides is 1. The number of nitrogen functional groups attached to an aromatic ring is 1. The van der Waals surface area contributed by atoms with Crippen LogP contribution in [-0.2, 0) is 6.54 Å². The molecule has 0 unspecified atom stereocenters. The van der Waals surface area contributed by atoms with Crippen molar-refractivity contribution >= 4 is 22.6 Å². The van der Waals surface area contributed by atoms with Gasteiger partial charge in [0.25, 0.3) is 5.91 Å². The third-order valence-electron chi connectivity index (χ3n) is 5.03. The van der Waals surface area contributed by atoms with Crippen molar-refractivity contribution in [2.75, 3.05) is 31.9 Å². The number of halogens is 2. The summed E-state index contributed by atoms with van der Waals surface area (Å²) in [7, 11) is 0. The van der Waals surface area contributed by atoms with Crippen molar-refractivity contribution in [1.29, 1.82) is 0 Å². The highest BCUT2D eigenvalue weighted by Gasteiger charge is 2.23. The molecule has 9 heteroatoms. The highest BCUT2D eigenvalue weighted by Crippen LogP contribution is 2.19. The number of rotatable bonds is 5. The van der Waals surface area contributed by atoms with Crippen LogP contribution in [0.2, 0.25) is 0 Å². The van der Waals surface area contributed by atoms with Gasteiger partial charge in [-0.15, -0.1) is 0 Å². The Hall–Kier alpha value is -3.33. The van der Waals surface area contributed by atoms with Gasteiger partial charge in [0.1, 0.15) is 17.4 Å². The Balaban J connectivity index is 1.35. The average molecular weight is 413 g/mol. The topological polar surface area (TPSA) is 84.6 Å². The summed E-state index contributed by atoms with van der Waals surface area (Å²) in [6, 6.07) is 13.4. The van der Waals surface area contributed by atoms with E-state index >= 15 is 0 Å². The molecular weight excluding hydrogens is 392 g/mol. The van der Waals surface area contributed by atoms with Crippen molar-refractivity contribution in [3.63, 3.8) is 0 Å². The fourth-order valence-electron chi connectivity index (χ4n) is 3.49. The second-order valence-electron chi connectivity index (χ2n) is 7.01. The molecule has 4 rings (SSSR count). The molecular formula is C21H21F2N5O2. The van der Waals surface area contributed by atoms with E-state index in [1.807, 2.05) is 24.3 Å². The van der Waals surface area contributed by atoms with Crippen LogP contribution in [0.4, 0.5) is 14.6 Å². The first-order chi connectivity index (χ1) is 14.5. The number of nitrogens with two attached hydrogens (primary N) is 1. The third kappa shape index (κ3) is 4.46. The predicted molar refractivity (Wildman–Crippen MR) is 108 cm³/mol. The minimum absolute atomic E-state index is 0.0287. The number of carbonyl (C=O) groups excluding carboxylic acids is 1. The lowest BCUT2D eigenvalue weighted by Crippen LogP contribution is -2.48. The number of para-hydroxylation sites is 1. The van der Waals surface area contributed by atoms with Crippen molar-refractivity contribution in [3.8, 4) is 5.75 Å². The van der Waals surface area contributed by atoms with E-state index in [0.717, 1.165) is 10.9 Å². The van der Waals surface area contributed by atoms with Gasteiger partial charge in [0.15, 0.2) is 0 Å². The number of piperazine rings is 1. The summed E-state index contributed by atoms with van der Waals surface area (Å²) in [5, 5.41) is 0.835. The molecule has 1 amide bonds. The number of nitrogens with zero attached hydrogens (tertiary/aromatic N) is 4. The molecule has 1 aromatic heterocycles. The SMILES string of the molecule is Nc1nc(CN2CCN(C(=O)c3ccc(OC(F)F)cc3)CC2)nc2ccccc12. The van der Waals surface area contributed by atoms with Crippen LogP contribution in [0.25, 0.3) is 10.9 Å². The highest BCUT2D eigenvalue weighted by molar-refractivity contribution is 5.94. The quantitative estimate of drug-likeness (QED) is 0.693. The summed E-state index contributed by atoms with van der Waals surface area (Å²) in [5.41, 5.74) is 7.31. The van der Waals surface area contributed by atoms with E-state index in [-0.39, 0.29) is 11.7 Å². The first kappa shape index (κ1) is 20.0. The number of alkyl halides is 2. The molecule has 1 aliphatic heterocycles. The molecule has 156 valence electrons. The van der Waals surface area contributed by atoms with Gasteiger partial charge >= 0.3 is 6.61 Å². The Morgan fingerprint density at radius 2 is 1.73 bits per heavy atom. The number of hydrogen-bond acceptors (Lipinski definition) is 6. The Morgan fingerprint density at radius 3 is 2.43 bits per heavy atom. The molecule has 1 aliphatic rings. The average Bonchev–Trinajstić information content (AvgIpc) is 2.74. The van der Waals surface area contributed by atoms with Gasteiger partial charge in [-0.1, -0.05) is 12.1 Å². The molecule has 0 atom stereocenters. The van der Waals surface area contributed by atoms with Crippen LogP contribution in [0.5, 0.6) is 5.75 Å². The van der Waals surface area contributed by atoms with E-state index in [9.17, 15) is 13.6 Å². The van der Waals surface area contributed by atoms with Crippen molar-refractivity contribution in [2.24, 2.45) is 0 Å². The minimum atomic E-state index is -2.89. The first-order valence-corrected chi connectivity index (χ1v) is 9.57. The molecule has 2 N–H and O–H groups in total. The van der Waals surface area contributed by atoms with Gasteiger partial charge in [-0.25, -0.2) is 9.97 Å². The molecule has 0 spiro atoms. The van der Waals surface area contributed by atoms with E-state index in [1.54, 1.807) is 4.90 Å². The van der Waals surface area contributed by atoms with E-state index in [0.29, 0.717) is 49.9 Å². The number of benzene rings is 2. The van der Waals surface area contributed by atoms with Crippen LogP contribution >= 0.6 is 0 Å². The first-order valence-electron chi connectivity index (χ1n) is 9.57. The lowest BCUT2D eigenvalue weighted by Gasteiger charge is -2.34. The zero-order valence-corrected chi connectivity index (χ0v) is 16.2. The summed E-state index contributed by atoms with van der Waals surface area (Å²) < 4.78 is 28.8. The van der Waals surface area contributed by atoms with Crippen LogP contribution in [0.1, 0.15) is 16.2 Å². The van der Waals surface area contributed by atoms with Gasteiger partial charge in [-0.05, 0) is 36.4 Å². The summed E-state index contributed by atoms with van der Waals surface area (Å²) in [6.07, 6.45) is 0. The molecule has 1 saturated heterocycles. The molecule has 2 aromatic carbocycles. The van der Waals surface area contributed by atoms with Gasteiger partial charge in [0, 0.05) is 37.1 Å². The Labute approximate surface area is 172 Å². The normalized spacial score (nSPS) is 15.0. The number of fused-ring (bicyclic) bond motifs is 1. The van der Waals surface area contributed by atoms with Gasteiger partial charge in [-0.3, -0.25) is 9.69 Å². The Bertz CT molecular complexity index is 1040.